The van der Waals surface area contributed by atoms with Gasteiger partial charge in [-0.2, -0.15) is 0 Å². The Balaban J connectivity index is 1.85. The Labute approximate surface area is 171 Å². The zero-order chi connectivity index (χ0) is 20.7. The molecule has 1 aromatic rings. The maximum absolute atomic E-state index is 14.2. The van der Waals surface area contributed by atoms with Crippen LogP contribution in [0.1, 0.15) is 33.6 Å². The molecule has 0 saturated carbocycles. The van der Waals surface area contributed by atoms with Gasteiger partial charge in [0.25, 0.3) is 0 Å². The van der Waals surface area contributed by atoms with Gasteiger partial charge in [0.1, 0.15) is 11.4 Å². The number of para-hydroxylation sites is 1. The molecule has 1 saturated heterocycles. The van der Waals surface area contributed by atoms with Crippen LogP contribution in [-0.4, -0.2) is 59.9 Å². The van der Waals surface area contributed by atoms with Crippen LogP contribution in [0.4, 0.5) is 20.6 Å². The van der Waals surface area contributed by atoms with E-state index in [0.717, 1.165) is 12.8 Å². The lowest BCUT2D eigenvalue weighted by Crippen LogP contribution is -2.42. The highest BCUT2D eigenvalue weighted by Gasteiger charge is 2.26. The summed E-state index contributed by atoms with van der Waals surface area (Å²) in [4.78, 5) is 13.9. The van der Waals surface area contributed by atoms with Crippen molar-refractivity contribution in [1.82, 2.24) is 4.90 Å². The Kier molecular flexibility index (Phi) is 8.19. The highest BCUT2D eigenvalue weighted by atomic mass is 35.5. The molecule has 6 nitrogen and oxygen atoms in total. The molecule has 1 unspecified atom stereocenters. The minimum atomic E-state index is -0.744. The molecule has 28 heavy (non-hydrogen) atoms. The standard InChI is InChI=1S/C20H31ClFN3O3/c1-20(2,3)28-19(27)25-9-7-14(8-10-25)12-23-17-6-4-5-16(22)18(17)24-13-15(26)11-21/h4-6,14-15,23-24,26H,7-13H2,1-3H3. The molecule has 1 fully saturated rings. The fourth-order valence-electron chi connectivity index (χ4n) is 3.03. The van der Waals surface area contributed by atoms with Gasteiger partial charge >= 0.3 is 6.09 Å². The Bertz CT molecular complexity index is 646. The molecule has 0 aliphatic carbocycles. The predicted octanol–water partition coefficient (Wildman–Crippen LogP) is 3.90. The van der Waals surface area contributed by atoms with Crippen molar-refractivity contribution in [2.45, 2.75) is 45.3 Å². The summed E-state index contributed by atoms with van der Waals surface area (Å²) in [6.07, 6.45) is 0.699. The van der Waals surface area contributed by atoms with Gasteiger partial charge in [0.2, 0.25) is 0 Å². The maximum Gasteiger partial charge on any atom is 0.410 e. The molecule has 3 N–H and O–H groups in total. The number of halogens is 2. The number of hydrogen-bond donors (Lipinski definition) is 3. The lowest BCUT2D eigenvalue weighted by molar-refractivity contribution is 0.0188. The van der Waals surface area contributed by atoms with Gasteiger partial charge in [0.05, 0.1) is 23.4 Å². The van der Waals surface area contributed by atoms with Gasteiger partial charge in [-0.3, -0.25) is 0 Å². The van der Waals surface area contributed by atoms with Crippen molar-refractivity contribution in [1.29, 1.82) is 0 Å². The number of carbonyl (C=O) groups is 1. The highest BCUT2D eigenvalue weighted by molar-refractivity contribution is 6.18. The number of rotatable bonds is 7. The molecule has 0 aromatic heterocycles. The van der Waals surface area contributed by atoms with Crippen molar-refractivity contribution in [2.75, 3.05) is 42.7 Å². The van der Waals surface area contributed by atoms with Crippen LogP contribution >= 0.6 is 11.6 Å². The number of ether oxygens (including phenoxy) is 1. The van der Waals surface area contributed by atoms with E-state index < -0.39 is 11.7 Å². The summed E-state index contributed by atoms with van der Waals surface area (Å²) in [5, 5.41) is 15.8. The van der Waals surface area contributed by atoms with E-state index in [1.807, 2.05) is 20.8 Å². The first-order valence-electron chi connectivity index (χ1n) is 9.68. The quantitative estimate of drug-likeness (QED) is 0.589. The van der Waals surface area contributed by atoms with Gasteiger partial charge in [-0.1, -0.05) is 6.07 Å². The SMILES string of the molecule is CC(C)(C)OC(=O)N1CCC(CNc2cccc(F)c2NCC(O)CCl)CC1. The molecule has 0 radical (unpaired) electrons. The summed E-state index contributed by atoms with van der Waals surface area (Å²) in [6, 6.07) is 4.82. The number of aliphatic hydroxyl groups excluding tert-OH is 1. The van der Waals surface area contributed by atoms with E-state index in [-0.39, 0.29) is 24.3 Å². The van der Waals surface area contributed by atoms with E-state index >= 15 is 0 Å². The number of amides is 1. The van der Waals surface area contributed by atoms with Crippen molar-refractivity contribution >= 4 is 29.1 Å². The Morgan fingerprint density at radius 2 is 2.04 bits per heavy atom. The van der Waals surface area contributed by atoms with Gasteiger partial charge in [-0.25, -0.2) is 9.18 Å². The lowest BCUT2D eigenvalue weighted by Gasteiger charge is -2.33. The summed E-state index contributed by atoms with van der Waals surface area (Å²) in [7, 11) is 0. The summed E-state index contributed by atoms with van der Waals surface area (Å²) in [6.45, 7) is 7.73. The molecule has 158 valence electrons. The van der Waals surface area contributed by atoms with Crippen molar-refractivity contribution in [2.24, 2.45) is 5.92 Å². The lowest BCUT2D eigenvalue weighted by atomic mass is 9.97. The number of benzene rings is 1. The molecule has 1 aliphatic rings. The van der Waals surface area contributed by atoms with Crippen LogP contribution in [0.5, 0.6) is 0 Å². The molecular weight excluding hydrogens is 385 g/mol. The van der Waals surface area contributed by atoms with Crippen LogP contribution in [0.25, 0.3) is 0 Å². The molecule has 1 heterocycles. The van der Waals surface area contributed by atoms with E-state index in [9.17, 15) is 14.3 Å². The Morgan fingerprint density at radius 1 is 1.36 bits per heavy atom. The predicted molar refractivity (Wildman–Crippen MR) is 111 cm³/mol. The van der Waals surface area contributed by atoms with Crippen LogP contribution in [0.15, 0.2) is 18.2 Å². The number of likely N-dealkylation sites (tertiary alicyclic amines) is 1. The first-order valence-corrected chi connectivity index (χ1v) is 10.2. The number of aliphatic hydroxyl groups is 1. The molecule has 1 amide bonds. The second-order valence-electron chi connectivity index (χ2n) is 8.14. The molecule has 0 spiro atoms. The summed E-state index contributed by atoms with van der Waals surface area (Å²) >= 11 is 5.59. The number of nitrogens with zero attached hydrogens (tertiary/aromatic N) is 1. The molecule has 8 heteroatoms. The van der Waals surface area contributed by atoms with Gasteiger partial charge in [0.15, 0.2) is 0 Å². The summed E-state index contributed by atoms with van der Waals surface area (Å²) in [5.41, 5.74) is 0.488. The van der Waals surface area contributed by atoms with Crippen LogP contribution in [0, 0.1) is 11.7 Å². The van der Waals surface area contributed by atoms with Gasteiger partial charge in [-0.15, -0.1) is 11.6 Å². The zero-order valence-electron chi connectivity index (χ0n) is 16.8. The normalized spacial score (nSPS) is 16.6. The minimum Gasteiger partial charge on any atom is -0.444 e. The molecule has 1 aliphatic heterocycles. The Morgan fingerprint density at radius 3 is 2.64 bits per heavy atom. The zero-order valence-corrected chi connectivity index (χ0v) is 17.6. The average Bonchev–Trinajstić information content (AvgIpc) is 2.64. The number of carbonyl (C=O) groups excluding carboxylic acids is 1. The van der Waals surface area contributed by atoms with E-state index in [1.54, 1.807) is 17.0 Å². The number of alkyl halides is 1. The smallest absolute Gasteiger partial charge is 0.410 e. The van der Waals surface area contributed by atoms with Crippen LogP contribution in [0.2, 0.25) is 0 Å². The number of hydrogen-bond acceptors (Lipinski definition) is 5. The third kappa shape index (κ3) is 7.02. The first kappa shape index (κ1) is 22.6. The fourth-order valence-corrected chi connectivity index (χ4v) is 3.14. The number of piperidine rings is 1. The van der Waals surface area contributed by atoms with E-state index in [0.29, 0.717) is 36.9 Å². The molecule has 2 rings (SSSR count). The third-order valence-electron chi connectivity index (χ3n) is 4.55. The largest absolute Gasteiger partial charge is 0.444 e. The molecular formula is C20H31ClFN3O3. The van der Waals surface area contributed by atoms with Crippen molar-refractivity contribution in [3.05, 3.63) is 24.0 Å². The van der Waals surface area contributed by atoms with Gasteiger partial charge in [0, 0.05) is 26.2 Å². The number of anilines is 2. The van der Waals surface area contributed by atoms with Crippen molar-refractivity contribution in [3.63, 3.8) is 0 Å². The van der Waals surface area contributed by atoms with Crippen LogP contribution < -0.4 is 10.6 Å². The minimum absolute atomic E-state index is 0.0838. The van der Waals surface area contributed by atoms with Crippen LogP contribution in [-0.2, 0) is 4.74 Å². The van der Waals surface area contributed by atoms with E-state index in [2.05, 4.69) is 10.6 Å². The summed E-state index contributed by atoms with van der Waals surface area (Å²) in [5.74, 6) is 0.0789. The third-order valence-corrected chi connectivity index (χ3v) is 4.91. The highest BCUT2D eigenvalue weighted by Crippen LogP contribution is 2.27. The second-order valence-corrected chi connectivity index (χ2v) is 8.45. The second kappa shape index (κ2) is 10.2. The van der Waals surface area contributed by atoms with E-state index in [1.165, 1.54) is 6.07 Å². The molecule has 0 bridgehead atoms. The molecule has 1 aromatic carbocycles. The van der Waals surface area contributed by atoms with E-state index in [4.69, 9.17) is 16.3 Å². The molecule has 1 atom stereocenters. The van der Waals surface area contributed by atoms with Crippen molar-refractivity contribution < 1.29 is 19.0 Å². The number of nitrogens with one attached hydrogen (secondary N) is 2. The summed E-state index contributed by atoms with van der Waals surface area (Å²) < 4.78 is 19.6. The first-order chi connectivity index (χ1) is 13.2. The maximum atomic E-state index is 14.2. The van der Waals surface area contributed by atoms with Gasteiger partial charge in [-0.05, 0) is 51.7 Å². The topological polar surface area (TPSA) is 73.8 Å². The monoisotopic (exact) mass is 415 g/mol. The van der Waals surface area contributed by atoms with Gasteiger partial charge < -0.3 is 25.4 Å². The average molecular weight is 416 g/mol. The van der Waals surface area contributed by atoms with Crippen LogP contribution in [0.3, 0.4) is 0 Å². The fraction of sp³-hybridized carbons (Fsp3) is 0.650. The van der Waals surface area contributed by atoms with Crippen molar-refractivity contribution in [3.8, 4) is 0 Å². The Hall–Kier alpha value is -1.73.